The third kappa shape index (κ3) is 3.32. The van der Waals surface area contributed by atoms with Gasteiger partial charge >= 0.3 is 0 Å². The van der Waals surface area contributed by atoms with Crippen molar-refractivity contribution in [2.45, 2.75) is 20.8 Å². The summed E-state index contributed by atoms with van der Waals surface area (Å²) in [6.45, 7) is 5.34. The lowest BCUT2D eigenvalue weighted by molar-refractivity contribution is 0.0769. The maximum atomic E-state index is 13.5. The number of hydrogen-bond acceptors (Lipinski definition) is 6. The number of ketones is 2. The van der Waals surface area contributed by atoms with E-state index in [1.54, 1.807) is 32.9 Å². The second-order valence-corrected chi connectivity index (χ2v) is 9.84. The number of rotatable bonds is 2. The van der Waals surface area contributed by atoms with Gasteiger partial charge in [-0.3, -0.25) is 14.4 Å². The van der Waals surface area contributed by atoms with E-state index in [9.17, 15) is 14.4 Å². The minimum Gasteiger partial charge on any atom is -0.416 e. The molecule has 36 heavy (non-hydrogen) atoms. The van der Waals surface area contributed by atoms with Crippen LogP contribution in [0.1, 0.15) is 52.1 Å². The summed E-state index contributed by atoms with van der Waals surface area (Å²) in [5.41, 5.74) is 1.00. The summed E-state index contributed by atoms with van der Waals surface area (Å²) in [5.74, 6) is -0.619. The summed E-state index contributed by atoms with van der Waals surface area (Å²) in [6, 6.07) is 20.3. The summed E-state index contributed by atoms with van der Waals surface area (Å²) in [5, 5.41) is 1.75. The first-order valence-electron chi connectivity index (χ1n) is 11.6. The smallest absolute Gasteiger partial charge is 0.267 e. The van der Waals surface area contributed by atoms with Crippen LogP contribution < -0.4 is 0 Å². The fourth-order valence-corrected chi connectivity index (χ4v) is 4.39. The molecule has 0 bridgehead atoms. The monoisotopic (exact) mass is 475 g/mol. The lowest BCUT2D eigenvalue weighted by Gasteiger charge is -2.17. The van der Waals surface area contributed by atoms with E-state index < -0.39 is 17.0 Å². The van der Waals surface area contributed by atoms with E-state index in [-0.39, 0.29) is 28.7 Å². The average molecular weight is 476 g/mol. The number of hydrogen-bond donors (Lipinski definition) is 0. The van der Waals surface area contributed by atoms with Gasteiger partial charge in [-0.1, -0.05) is 63.2 Å². The third-order valence-electron chi connectivity index (χ3n) is 6.25. The van der Waals surface area contributed by atoms with Crippen LogP contribution in [-0.2, 0) is 0 Å². The molecule has 2 aromatic heterocycles. The van der Waals surface area contributed by atoms with Crippen molar-refractivity contribution < 1.29 is 18.8 Å². The molecule has 0 atom stereocenters. The number of benzene rings is 3. The van der Waals surface area contributed by atoms with Crippen molar-refractivity contribution >= 4 is 45.7 Å². The molecule has 1 aliphatic rings. The predicted molar refractivity (Wildman–Crippen MR) is 136 cm³/mol. The highest BCUT2D eigenvalue weighted by Gasteiger charge is 2.35. The van der Waals surface area contributed by atoms with Crippen molar-refractivity contribution in [3.05, 3.63) is 89.3 Å². The summed E-state index contributed by atoms with van der Waals surface area (Å²) >= 11 is 0. The van der Waals surface area contributed by atoms with Crippen molar-refractivity contribution in [2.75, 3.05) is 0 Å². The molecule has 5 aromatic rings. The number of carbonyl (C=O) groups excluding carboxylic acids is 3. The van der Waals surface area contributed by atoms with Crippen LogP contribution >= 0.6 is 0 Å². The standard InChI is InChI=1S/C29H21N3O4/c1-29(2,3)28(35)32-22(30-27-25(32)31-26(36-27)16-9-5-4-6-10-16)15-21-23(33)19-13-17-11-7-8-12-18(17)14-20(19)24(21)34/h4-15H,1-3H3. The molecule has 176 valence electrons. The predicted octanol–water partition coefficient (Wildman–Crippen LogP) is 5.99. The summed E-state index contributed by atoms with van der Waals surface area (Å²) in [7, 11) is 0. The molecule has 0 fully saturated rings. The molecule has 0 spiro atoms. The molecule has 0 radical (unpaired) electrons. The second-order valence-electron chi connectivity index (χ2n) is 9.84. The summed E-state index contributed by atoms with van der Waals surface area (Å²) < 4.78 is 7.21. The topological polar surface area (TPSA) is 95.1 Å². The van der Waals surface area contributed by atoms with Crippen LogP contribution in [0.25, 0.3) is 39.7 Å². The fourth-order valence-electron chi connectivity index (χ4n) is 4.39. The number of Topliss-reactive ketones (excluding diaryl/α,β-unsaturated/α-hetero) is 2. The Labute approximate surface area is 206 Å². The van der Waals surface area contributed by atoms with Gasteiger partial charge in [0.1, 0.15) is 5.82 Å². The van der Waals surface area contributed by atoms with E-state index in [1.165, 1.54) is 10.6 Å². The van der Waals surface area contributed by atoms with Gasteiger partial charge in [0.15, 0.2) is 11.6 Å². The van der Waals surface area contributed by atoms with Gasteiger partial charge in [-0.25, -0.2) is 4.57 Å². The molecule has 0 saturated carbocycles. The van der Waals surface area contributed by atoms with Crippen LogP contribution in [0.4, 0.5) is 0 Å². The molecule has 7 nitrogen and oxygen atoms in total. The molecule has 3 aromatic carbocycles. The van der Waals surface area contributed by atoms with Gasteiger partial charge in [-0.05, 0) is 41.1 Å². The molecule has 2 heterocycles. The summed E-state index contributed by atoms with van der Waals surface area (Å²) in [6.07, 6.45) is 1.37. The van der Waals surface area contributed by atoms with Crippen molar-refractivity contribution in [2.24, 2.45) is 5.41 Å². The first-order chi connectivity index (χ1) is 17.2. The van der Waals surface area contributed by atoms with Crippen molar-refractivity contribution in [1.29, 1.82) is 0 Å². The Hall–Kier alpha value is -4.65. The molecule has 7 heteroatoms. The fraction of sp³-hybridized carbons (Fsp3) is 0.138. The van der Waals surface area contributed by atoms with Gasteiger partial charge in [0.2, 0.25) is 17.4 Å². The number of aromatic nitrogens is 3. The molecule has 6 rings (SSSR count). The van der Waals surface area contributed by atoms with Crippen LogP contribution in [0.3, 0.4) is 0 Å². The number of allylic oxidation sites excluding steroid dienone is 1. The SMILES string of the molecule is CC(C)(C)C(=O)n1c(C=C2C(=O)c3cc4ccccc4cc3C2=O)nc2oc(-c3ccccc3)nc21. The highest BCUT2D eigenvalue weighted by atomic mass is 16.4. The first-order valence-corrected chi connectivity index (χ1v) is 11.6. The largest absolute Gasteiger partial charge is 0.416 e. The van der Waals surface area contributed by atoms with E-state index in [0.29, 0.717) is 17.0 Å². The Bertz CT molecular complexity index is 1710. The Balaban J connectivity index is 1.52. The first kappa shape index (κ1) is 21.9. The Kier molecular flexibility index (Phi) is 4.66. The van der Waals surface area contributed by atoms with E-state index in [0.717, 1.165) is 16.3 Å². The molecule has 0 aliphatic heterocycles. The van der Waals surface area contributed by atoms with Gasteiger partial charge in [0.05, 0.1) is 5.57 Å². The minimum atomic E-state index is -0.781. The lowest BCUT2D eigenvalue weighted by Crippen LogP contribution is -2.27. The van der Waals surface area contributed by atoms with Gasteiger partial charge in [-0.2, -0.15) is 9.97 Å². The molecule has 0 amide bonds. The van der Waals surface area contributed by atoms with E-state index >= 15 is 0 Å². The van der Waals surface area contributed by atoms with Crippen LogP contribution in [0.15, 0.2) is 76.7 Å². The average Bonchev–Trinajstić information content (AvgIpc) is 3.49. The van der Waals surface area contributed by atoms with Crippen LogP contribution in [0, 0.1) is 5.41 Å². The van der Waals surface area contributed by atoms with E-state index in [4.69, 9.17) is 4.42 Å². The molecule has 0 saturated heterocycles. The van der Waals surface area contributed by atoms with Crippen molar-refractivity contribution in [3.63, 3.8) is 0 Å². The number of oxazole rings is 1. The molecule has 0 N–H and O–H groups in total. The Morgan fingerprint density at radius 3 is 2.03 bits per heavy atom. The quantitative estimate of drug-likeness (QED) is 0.230. The number of carbonyl (C=O) groups is 3. The number of nitrogens with zero attached hydrogens (tertiary/aromatic N) is 3. The number of fused-ring (bicyclic) bond motifs is 3. The third-order valence-corrected chi connectivity index (χ3v) is 6.25. The molecule has 1 aliphatic carbocycles. The number of imidazole rings is 1. The highest BCUT2D eigenvalue weighted by molar-refractivity contribution is 6.42. The van der Waals surface area contributed by atoms with Gasteiger partial charge in [0.25, 0.3) is 5.71 Å². The van der Waals surface area contributed by atoms with Gasteiger partial charge in [-0.15, -0.1) is 0 Å². The highest BCUT2D eigenvalue weighted by Crippen LogP contribution is 2.33. The molecule has 0 unspecified atom stereocenters. The van der Waals surface area contributed by atoms with Crippen LogP contribution in [0.2, 0.25) is 0 Å². The zero-order chi connectivity index (χ0) is 25.2. The zero-order valence-electron chi connectivity index (χ0n) is 19.9. The summed E-state index contributed by atoms with van der Waals surface area (Å²) in [4.78, 5) is 49.0. The minimum absolute atomic E-state index is 0.0424. The van der Waals surface area contributed by atoms with Gasteiger partial charge < -0.3 is 4.42 Å². The lowest BCUT2D eigenvalue weighted by atomic mass is 9.95. The zero-order valence-corrected chi connectivity index (χ0v) is 19.9. The normalized spacial score (nSPS) is 13.6. The van der Waals surface area contributed by atoms with E-state index in [1.807, 2.05) is 54.6 Å². The van der Waals surface area contributed by atoms with Gasteiger partial charge in [0, 0.05) is 22.1 Å². The van der Waals surface area contributed by atoms with Crippen molar-refractivity contribution in [1.82, 2.24) is 14.5 Å². The maximum Gasteiger partial charge on any atom is 0.267 e. The molecular formula is C29H21N3O4. The Morgan fingerprint density at radius 2 is 1.44 bits per heavy atom. The van der Waals surface area contributed by atoms with Crippen LogP contribution in [-0.4, -0.2) is 32.0 Å². The Morgan fingerprint density at radius 1 is 0.861 bits per heavy atom. The molecular weight excluding hydrogens is 454 g/mol. The van der Waals surface area contributed by atoms with Crippen LogP contribution in [0.5, 0.6) is 0 Å². The van der Waals surface area contributed by atoms with Crippen molar-refractivity contribution in [3.8, 4) is 11.5 Å². The maximum absolute atomic E-state index is 13.5. The van der Waals surface area contributed by atoms with E-state index in [2.05, 4.69) is 9.97 Å². The second kappa shape index (κ2) is 7.68.